The highest BCUT2D eigenvalue weighted by Crippen LogP contribution is 2.50. The van der Waals surface area contributed by atoms with Crippen LogP contribution in [-0.2, 0) is 0 Å². The van der Waals surface area contributed by atoms with Crippen molar-refractivity contribution in [3.05, 3.63) is 166 Å². The number of fused-ring (bicyclic) bond motifs is 7. The SMILES string of the molecule is Cc1cscc1-c1c2ccccc2c(-c2ccc3c(c2)sc2c(-c4c5ccccc5c(-c5cscc5C)c5ccccc45)cccc23)c2ccccc12. The molecule has 0 radical (unpaired) electrons. The average Bonchev–Trinajstić information content (AvgIpc) is 3.93. The molecule has 0 bridgehead atoms. The van der Waals surface area contributed by atoms with Gasteiger partial charge in [-0.3, -0.25) is 0 Å². The summed E-state index contributed by atoms with van der Waals surface area (Å²) < 4.78 is 2.66. The molecule has 0 nitrogen and oxygen atoms in total. The summed E-state index contributed by atoms with van der Waals surface area (Å²) >= 11 is 5.50. The van der Waals surface area contributed by atoms with Crippen molar-refractivity contribution in [3.63, 3.8) is 0 Å². The molecule has 250 valence electrons. The molecular formula is C50H32S3. The molecule has 3 aromatic heterocycles. The van der Waals surface area contributed by atoms with Crippen molar-refractivity contribution in [2.75, 3.05) is 0 Å². The van der Waals surface area contributed by atoms with Gasteiger partial charge in [0.1, 0.15) is 0 Å². The van der Waals surface area contributed by atoms with Gasteiger partial charge in [-0.25, -0.2) is 0 Å². The molecule has 8 aromatic carbocycles. The molecule has 0 atom stereocenters. The van der Waals surface area contributed by atoms with Gasteiger partial charge < -0.3 is 0 Å². The molecule has 11 rings (SSSR count). The summed E-state index contributed by atoms with van der Waals surface area (Å²) in [6, 6.07) is 50.1. The Labute approximate surface area is 319 Å². The highest BCUT2D eigenvalue weighted by molar-refractivity contribution is 7.26. The van der Waals surface area contributed by atoms with Gasteiger partial charge in [-0.1, -0.05) is 127 Å². The molecule has 0 saturated heterocycles. The molecule has 0 aliphatic heterocycles. The van der Waals surface area contributed by atoms with E-state index in [0.717, 1.165) is 0 Å². The lowest BCUT2D eigenvalue weighted by Crippen LogP contribution is -1.91. The fourth-order valence-corrected chi connectivity index (χ4v) is 11.8. The number of benzene rings is 8. The summed E-state index contributed by atoms with van der Waals surface area (Å²) in [5.41, 5.74) is 13.2. The Kier molecular flexibility index (Phi) is 7.00. The number of hydrogen-bond donors (Lipinski definition) is 0. The second-order valence-corrected chi connectivity index (χ2v) is 16.7. The van der Waals surface area contributed by atoms with E-state index in [1.165, 1.54) is 119 Å². The quantitative estimate of drug-likeness (QED) is 0.158. The standard InChI is InChI=1S/C50H32S3/c1-29-25-51-27-43(29)48-35-14-5-3-12-33(35)46(34-13-4-6-15-36(34)48)31-22-23-32-41-20-11-21-42(50(41)53-45(32)24-31)47-37-16-7-9-18-39(37)49(44-28-52-26-30(44)2)40-19-10-8-17-38(40)47/h3-28H,1-2H3. The fourth-order valence-electron chi connectivity index (χ4n) is 8.82. The molecule has 0 amide bonds. The molecule has 0 N–H and O–H groups in total. The van der Waals surface area contributed by atoms with E-state index in [9.17, 15) is 0 Å². The zero-order chi connectivity index (χ0) is 35.2. The first-order valence-corrected chi connectivity index (χ1v) is 20.7. The van der Waals surface area contributed by atoms with E-state index in [2.05, 4.69) is 169 Å². The third-order valence-electron chi connectivity index (χ3n) is 11.2. The largest absolute Gasteiger partial charge is 0.151 e. The van der Waals surface area contributed by atoms with E-state index in [-0.39, 0.29) is 0 Å². The second kappa shape index (κ2) is 12.0. The van der Waals surface area contributed by atoms with Crippen LogP contribution >= 0.6 is 34.0 Å². The molecule has 0 unspecified atom stereocenters. The third-order valence-corrected chi connectivity index (χ3v) is 14.1. The Morgan fingerprint density at radius 2 is 0.755 bits per heavy atom. The number of hydrogen-bond acceptors (Lipinski definition) is 3. The first-order chi connectivity index (χ1) is 26.2. The van der Waals surface area contributed by atoms with Gasteiger partial charge in [0.15, 0.2) is 0 Å². The summed E-state index contributed by atoms with van der Waals surface area (Å²) in [6.45, 7) is 4.47. The van der Waals surface area contributed by atoms with Gasteiger partial charge in [0, 0.05) is 25.7 Å². The lowest BCUT2D eigenvalue weighted by atomic mass is 9.85. The van der Waals surface area contributed by atoms with Gasteiger partial charge in [-0.15, -0.1) is 11.3 Å². The Bertz CT molecular complexity index is 3140. The van der Waals surface area contributed by atoms with E-state index < -0.39 is 0 Å². The fraction of sp³-hybridized carbons (Fsp3) is 0.0400. The maximum absolute atomic E-state index is 2.45. The summed E-state index contributed by atoms with van der Waals surface area (Å²) in [4.78, 5) is 0. The molecule has 11 aromatic rings. The van der Waals surface area contributed by atoms with Crippen molar-refractivity contribution in [2.24, 2.45) is 0 Å². The van der Waals surface area contributed by atoms with Gasteiger partial charge in [-0.2, -0.15) is 22.7 Å². The zero-order valence-electron chi connectivity index (χ0n) is 29.2. The topological polar surface area (TPSA) is 0 Å². The summed E-state index contributed by atoms with van der Waals surface area (Å²) in [5, 5.41) is 22.2. The lowest BCUT2D eigenvalue weighted by Gasteiger charge is -2.18. The van der Waals surface area contributed by atoms with Gasteiger partial charge in [0.05, 0.1) is 0 Å². The molecule has 53 heavy (non-hydrogen) atoms. The molecular weight excluding hydrogens is 697 g/mol. The maximum Gasteiger partial charge on any atom is 0.0434 e. The van der Waals surface area contributed by atoms with Crippen molar-refractivity contribution in [1.82, 2.24) is 0 Å². The predicted octanol–water partition coefficient (Wildman–Crippen LogP) is 16.1. The smallest absolute Gasteiger partial charge is 0.0434 e. The Morgan fingerprint density at radius 3 is 1.19 bits per heavy atom. The van der Waals surface area contributed by atoms with Crippen LogP contribution in [0.1, 0.15) is 11.1 Å². The third kappa shape index (κ3) is 4.58. The van der Waals surface area contributed by atoms with Crippen LogP contribution in [0.15, 0.2) is 155 Å². The first-order valence-electron chi connectivity index (χ1n) is 18.0. The molecule has 0 spiro atoms. The number of thiophene rings is 3. The van der Waals surface area contributed by atoms with E-state index >= 15 is 0 Å². The molecule has 0 saturated carbocycles. The van der Waals surface area contributed by atoms with Crippen molar-refractivity contribution >= 4 is 97.3 Å². The van der Waals surface area contributed by atoms with Crippen molar-refractivity contribution in [2.45, 2.75) is 13.8 Å². The lowest BCUT2D eigenvalue weighted by molar-refractivity contribution is 1.55. The zero-order valence-corrected chi connectivity index (χ0v) is 31.7. The Morgan fingerprint density at radius 1 is 0.340 bits per heavy atom. The monoisotopic (exact) mass is 728 g/mol. The van der Waals surface area contributed by atoms with Crippen LogP contribution in [0.25, 0.3) is 108 Å². The highest BCUT2D eigenvalue weighted by Gasteiger charge is 2.22. The first kappa shape index (κ1) is 31.0. The summed E-state index contributed by atoms with van der Waals surface area (Å²) in [5.74, 6) is 0. The minimum Gasteiger partial charge on any atom is -0.151 e. The van der Waals surface area contributed by atoms with Crippen LogP contribution in [0.4, 0.5) is 0 Å². The van der Waals surface area contributed by atoms with Crippen LogP contribution in [-0.4, -0.2) is 0 Å². The van der Waals surface area contributed by atoms with E-state index in [1.807, 2.05) is 11.3 Å². The minimum absolute atomic E-state index is 1.26. The van der Waals surface area contributed by atoms with Gasteiger partial charge in [-0.05, 0) is 135 Å². The van der Waals surface area contributed by atoms with Crippen molar-refractivity contribution < 1.29 is 0 Å². The highest BCUT2D eigenvalue weighted by atomic mass is 32.1. The van der Waals surface area contributed by atoms with Crippen molar-refractivity contribution in [3.8, 4) is 44.5 Å². The van der Waals surface area contributed by atoms with Crippen LogP contribution in [0.3, 0.4) is 0 Å². The average molecular weight is 729 g/mol. The van der Waals surface area contributed by atoms with Crippen LogP contribution in [0, 0.1) is 13.8 Å². The van der Waals surface area contributed by atoms with Gasteiger partial charge in [0.2, 0.25) is 0 Å². The molecule has 0 fully saturated rings. The predicted molar refractivity (Wildman–Crippen MR) is 236 cm³/mol. The molecule has 3 heterocycles. The van der Waals surface area contributed by atoms with Crippen LogP contribution in [0.5, 0.6) is 0 Å². The Balaban J connectivity index is 1.18. The normalized spacial score (nSPS) is 12.0. The van der Waals surface area contributed by atoms with E-state index in [1.54, 1.807) is 22.7 Å². The maximum atomic E-state index is 2.45. The minimum atomic E-state index is 1.26. The summed E-state index contributed by atoms with van der Waals surface area (Å²) in [6.07, 6.45) is 0. The molecule has 3 heteroatoms. The second-order valence-electron chi connectivity index (χ2n) is 14.1. The van der Waals surface area contributed by atoms with Gasteiger partial charge >= 0.3 is 0 Å². The molecule has 0 aliphatic carbocycles. The van der Waals surface area contributed by atoms with E-state index in [4.69, 9.17) is 0 Å². The van der Waals surface area contributed by atoms with Crippen LogP contribution in [0.2, 0.25) is 0 Å². The number of aryl methyl sites for hydroxylation is 2. The number of rotatable bonds is 4. The van der Waals surface area contributed by atoms with Gasteiger partial charge in [0.25, 0.3) is 0 Å². The summed E-state index contributed by atoms with van der Waals surface area (Å²) in [7, 11) is 0. The van der Waals surface area contributed by atoms with E-state index in [0.29, 0.717) is 0 Å². The molecule has 0 aliphatic rings. The Hall–Kier alpha value is -5.58. The van der Waals surface area contributed by atoms with Crippen molar-refractivity contribution in [1.29, 1.82) is 0 Å². The van der Waals surface area contributed by atoms with Crippen LogP contribution < -0.4 is 0 Å².